The molecule has 0 spiro atoms. The first kappa shape index (κ1) is 15.7. The fourth-order valence-corrected chi connectivity index (χ4v) is 1.88. The standard InChI is InChI=1S/C17H19N3O2/c1-3-22-16-8-6-14(7-9-16)11-17(21)20-19-13(2)15-5-4-10-18-12-15/h4-10,12H,3,11H2,1-2H3,(H,20,21)/b19-13-. The average molecular weight is 297 g/mol. The second-order valence-electron chi connectivity index (χ2n) is 4.73. The van der Waals surface area contributed by atoms with Gasteiger partial charge in [0, 0.05) is 18.0 Å². The summed E-state index contributed by atoms with van der Waals surface area (Å²) in [5.41, 5.74) is 5.07. The number of amides is 1. The van der Waals surface area contributed by atoms with Gasteiger partial charge in [-0.15, -0.1) is 0 Å². The summed E-state index contributed by atoms with van der Waals surface area (Å²) in [5, 5.41) is 4.09. The van der Waals surface area contributed by atoms with Crippen LogP contribution in [-0.4, -0.2) is 23.2 Å². The van der Waals surface area contributed by atoms with Gasteiger partial charge in [0.05, 0.1) is 18.7 Å². The predicted molar refractivity (Wildman–Crippen MR) is 85.9 cm³/mol. The number of hydrazone groups is 1. The molecule has 0 atom stereocenters. The van der Waals surface area contributed by atoms with E-state index in [1.54, 1.807) is 12.4 Å². The van der Waals surface area contributed by atoms with Crippen LogP contribution in [0, 0.1) is 0 Å². The summed E-state index contributed by atoms with van der Waals surface area (Å²) in [4.78, 5) is 15.9. The maximum atomic E-state index is 11.9. The average Bonchev–Trinajstić information content (AvgIpc) is 2.55. The number of nitrogens with zero attached hydrogens (tertiary/aromatic N) is 2. The van der Waals surface area contributed by atoms with Crippen molar-refractivity contribution in [3.8, 4) is 5.75 Å². The molecule has 2 aromatic rings. The molecule has 0 bridgehead atoms. The van der Waals surface area contributed by atoms with Gasteiger partial charge in [-0.3, -0.25) is 9.78 Å². The Morgan fingerprint density at radius 1 is 1.27 bits per heavy atom. The smallest absolute Gasteiger partial charge is 0.244 e. The maximum Gasteiger partial charge on any atom is 0.244 e. The number of ether oxygens (including phenoxy) is 1. The third-order valence-corrected chi connectivity index (χ3v) is 3.03. The topological polar surface area (TPSA) is 63.6 Å². The quantitative estimate of drug-likeness (QED) is 0.658. The van der Waals surface area contributed by atoms with Crippen molar-refractivity contribution in [1.82, 2.24) is 10.4 Å². The Bertz CT molecular complexity index is 637. The maximum absolute atomic E-state index is 11.9. The van der Waals surface area contributed by atoms with E-state index in [1.807, 2.05) is 50.2 Å². The number of nitrogens with one attached hydrogen (secondary N) is 1. The van der Waals surface area contributed by atoms with Crippen LogP contribution >= 0.6 is 0 Å². The van der Waals surface area contributed by atoms with Crippen molar-refractivity contribution in [3.63, 3.8) is 0 Å². The van der Waals surface area contributed by atoms with Crippen molar-refractivity contribution in [2.24, 2.45) is 5.10 Å². The molecule has 1 amide bonds. The summed E-state index contributed by atoms with van der Waals surface area (Å²) in [7, 11) is 0. The third-order valence-electron chi connectivity index (χ3n) is 3.03. The van der Waals surface area contributed by atoms with Gasteiger partial charge in [-0.25, -0.2) is 5.43 Å². The minimum atomic E-state index is -0.160. The molecule has 5 heteroatoms. The molecule has 0 saturated carbocycles. The third kappa shape index (κ3) is 4.70. The minimum Gasteiger partial charge on any atom is -0.494 e. The van der Waals surface area contributed by atoms with Crippen LogP contribution in [0.2, 0.25) is 0 Å². The molecule has 114 valence electrons. The van der Waals surface area contributed by atoms with Gasteiger partial charge in [-0.1, -0.05) is 18.2 Å². The summed E-state index contributed by atoms with van der Waals surface area (Å²) in [5.74, 6) is 0.643. The molecular weight excluding hydrogens is 278 g/mol. The molecule has 1 N–H and O–H groups in total. The predicted octanol–water partition coefficient (Wildman–Crippen LogP) is 2.56. The van der Waals surface area contributed by atoms with E-state index in [0.717, 1.165) is 16.9 Å². The van der Waals surface area contributed by atoms with Crippen LogP contribution < -0.4 is 10.2 Å². The van der Waals surface area contributed by atoms with Crippen molar-refractivity contribution in [2.75, 3.05) is 6.61 Å². The number of rotatable bonds is 6. The summed E-state index contributed by atoms with van der Waals surface area (Å²) in [6.45, 7) is 4.39. The van der Waals surface area contributed by atoms with Gasteiger partial charge >= 0.3 is 0 Å². The van der Waals surface area contributed by atoms with Gasteiger partial charge < -0.3 is 4.74 Å². The highest BCUT2D eigenvalue weighted by Crippen LogP contribution is 2.12. The van der Waals surface area contributed by atoms with Crippen LogP contribution in [0.4, 0.5) is 0 Å². The summed E-state index contributed by atoms with van der Waals surface area (Å²) in [6.07, 6.45) is 3.68. The highest BCUT2D eigenvalue weighted by atomic mass is 16.5. The molecule has 5 nitrogen and oxygen atoms in total. The number of pyridine rings is 1. The zero-order valence-electron chi connectivity index (χ0n) is 12.7. The Hall–Kier alpha value is -2.69. The lowest BCUT2D eigenvalue weighted by Crippen LogP contribution is -2.21. The Morgan fingerprint density at radius 2 is 2.05 bits per heavy atom. The van der Waals surface area contributed by atoms with Crippen LogP contribution in [-0.2, 0) is 11.2 Å². The van der Waals surface area contributed by atoms with Gasteiger partial charge in [0.1, 0.15) is 5.75 Å². The van der Waals surface area contributed by atoms with E-state index in [4.69, 9.17) is 4.74 Å². The van der Waals surface area contributed by atoms with Gasteiger partial charge in [0.25, 0.3) is 0 Å². The summed E-state index contributed by atoms with van der Waals surface area (Å²) < 4.78 is 5.37. The van der Waals surface area contributed by atoms with Gasteiger partial charge in [0.2, 0.25) is 5.91 Å². The summed E-state index contributed by atoms with van der Waals surface area (Å²) in [6, 6.07) is 11.2. The van der Waals surface area contributed by atoms with E-state index in [-0.39, 0.29) is 12.3 Å². The molecule has 0 radical (unpaired) electrons. The molecule has 1 heterocycles. The molecule has 0 aliphatic carbocycles. The SMILES string of the molecule is CCOc1ccc(CC(=O)N/N=C(/C)c2cccnc2)cc1. The zero-order chi connectivity index (χ0) is 15.8. The molecule has 0 aliphatic heterocycles. The van der Waals surface area contributed by atoms with Crippen LogP contribution in [0.25, 0.3) is 0 Å². The van der Waals surface area contributed by atoms with E-state index in [9.17, 15) is 4.79 Å². The van der Waals surface area contributed by atoms with E-state index in [1.165, 1.54) is 0 Å². The Labute approximate surface area is 130 Å². The van der Waals surface area contributed by atoms with Crippen molar-refractivity contribution >= 4 is 11.6 Å². The van der Waals surface area contributed by atoms with Crippen LogP contribution in [0.1, 0.15) is 25.0 Å². The van der Waals surface area contributed by atoms with Crippen LogP contribution in [0.15, 0.2) is 53.9 Å². The molecule has 0 aliphatic rings. The largest absolute Gasteiger partial charge is 0.494 e. The molecule has 2 rings (SSSR count). The number of benzene rings is 1. The van der Waals surface area contributed by atoms with E-state index >= 15 is 0 Å². The van der Waals surface area contributed by atoms with Crippen LogP contribution in [0.3, 0.4) is 0 Å². The number of carbonyl (C=O) groups is 1. The second-order valence-corrected chi connectivity index (χ2v) is 4.73. The highest BCUT2D eigenvalue weighted by molar-refractivity contribution is 5.98. The monoisotopic (exact) mass is 297 g/mol. The van der Waals surface area contributed by atoms with Crippen molar-refractivity contribution in [3.05, 3.63) is 59.9 Å². The molecular formula is C17H19N3O2. The van der Waals surface area contributed by atoms with E-state index < -0.39 is 0 Å². The first-order valence-corrected chi connectivity index (χ1v) is 7.14. The highest BCUT2D eigenvalue weighted by Gasteiger charge is 2.04. The second kappa shape index (κ2) is 7.93. The molecule has 0 fully saturated rings. The molecule has 1 aromatic carbocycles. The van der Waals surface area contributed by atoms with E-state index in [0.29, 0.717) is 12.3 Å². The number of hydrogen-bond acceptors (Lipinski definition) is 4. The lowest BCUT2D eigenvalue weighted by molar-refractivity contribution is -0.120. The van der Waals surface area contributed by atoms with Crippen molar-refractivity contribution in [2.45, 2.75) is 20.3 Å². The normalized spacial score (nSPS) is 11.1. The lowest BCUT2D eigenvalue weighted by atomic mass is 10.1. The first-order chi connectivity index (χ1) is 10.7. The van der Waals surface area contributed by atoms with Gasteiger partial charge in [0.15, 0.2) is 0 Å². The number of aromatic nitrogens is 1. The summed E-state index contributed by atoms with van der Waals surface area (Å²) >= 11 is 0. The Balaban J connectivity index is 1.90. The fraction of sp³-hybridized carbons (Fsp3) is 0.235. The molecule has 0 unspecified atom stereocenters. The first-order valence-electron chi connectivity index (χ1n) is 7.14. The lowest BCUT2D eigenvalue weighted by Gasteiger charge is -2.05. The van der Waals surface area contributed by atoms with E-state index in [2.05, 4.69) is 15.5 Å². The number of hydrogen-bond donors (Lipinski definition) is 1. The molecule has 0 saturated heterocycles. The molecule has 1 aromatic heterocycles. The zero-order valence-corrected chi connectivity index (χ0v) is 12.7. The van der Waals surface area contributed by atoms with Crippen molar-refractivity contribution < 1.29 is 9.53 Å². The van der Waals surface area contributed by atoms with Crippen molar-refractivity contribution in [1.29, 1.82) is 0 Å². The van der Waals surface area contributed by atoms with Gasteiger partial charge in [-0.05, 0) is 37.6 Å². The number of carbonyl (C=O) groups excluding carboxylic acids is 1. The minimum absolute atomic E-state index is 0.160. The Kier molecular flexibility index (Phi) is 5.65. The van der Waals surface area contributed by atoms with Crippen LogP contribution in [0.5, 0.6) is 5.75 Å². The Morgan fingerprint density at radius 3 is 2.68 bits per heavy atom. The molecule has 22 heavy (non-hydrogen) atoms. The van der Waals surface area contributed by atoms with Gasteiger partial charge in [-0.2, -0.15) is 5.10 Å². The fourth-order valence-electron chi connectivity index (χ4n) is 1.88.